The quantitative estimate of drug-likeness (QED) is 0.689. The molecule has 13 heavy (non-hydrogen) atoms. The van der Waals surface area contributed by atoms with Gasteiger partial charge in [-0.2, -0.15) is 8.78 Å². The third-order valence-electron chi connectivity index (χ3n) is 1.85. The van der Waals surface area contributed by atoms with E-state index >= 15 is 0 Å². The maximum atomic E-state index is 13.0. The molecule has 1 aromatic rings. The van der Waals surface area contributed by atoms with Gasteiger partial charge in [0.2, 0.25) is 0 Å². The highest BCUT2D eigenvalue weighted by molar-refractivity contribution is 6.31. The average molecular weight is 204 g/mol. The Morgan fingerprint density at radius 1 is 1.38 bits per heavy atom. The Morgan fingerprint density at radius 2 is 2.08 bits per heavy atom. The summed E-state index contributed by atoms with van der Waals surface area (Å²) >= 11 is 5.57. The monoisotopic (exact) mass is 203 g/mol. The van der Waals surface area contributed by atoms with Crippen molar-refractivity contribution >= 4 is 23.2 Å². The van der Waals surface area contributed by atoms with E-state index in [1.54, 1.807) is 0 Å². The number of rotatable bonds is 0. The molecule has 0 radical (unpaired) electrons. The minimum absolute atomic E-state index is 0.0856. The number of hydrogen-bond acceptors (Lipinski definition) is 1. The summed E-state index contributed by atoms with van der Waals surface area (Å²) < 4.78 is 26.0. The van der Waals surface area contributed by atoms with E-state index in [4.69, 9.17) is 11.6 Å². The van der Waals surface area contributed by atoms with E-state index in [0.29, 0.717) is 5.02 Å². The predicted molar refractivity (Wildman–Crippen MR) is 44.0 cm³/mol. The van der Waals surface area contributed by atoms with Crippen molar-refractivity contribution in [3.63, 3.8) is 0 Å². The van der Waals surface area contributed by atoms with Crippen molar-refractivity contribution in [2.45, 2.75) is 5.92 Å². The second-order valence-electron chi connectivity index (χ2n) is 2.72. The summed E-state index contributed by atoms with van der Waals surface area (Å²) in [6, 6.07) is 3.78. The van der Waals surface area contributed by atoms with Crippen molar-refractivity contribution in [1.82, 2.24) is 0 Å². The molecule has 0 fully saturated rings. The van der Waals surface area contributed by atoms with Crippen LogP contribution in [0.1, 0.15) is 5.56 Å². The normalized spacial score (nSPS) is 18.2. The first-order valence-corrected chi connectivity index (χ1v) is 3.89. The van der Waals surface area contributed by atoms with Gasteiger partial charge in [-0.15, -0.1) is 0 Å². The highest BCUT2D eigenvalue weighted by Crippen LogP contribution is 2.41. The summed E-state index contributed by atoms with van der Waals surface area (Å²) in [5, 5.41) is 2.37. The van der Waals surface area contributed by atoms with Gasteiger partial charge in [-0.1, -0.05) is 11.6 Å². The summed E-state index contributed by atoms with van der Waals surface area (Å²) in [7, 11) is 0. The summed E-state index contributed by atoms with van der Waals surface area (Å²) in [6.45, 7) is 0. The first-order valence-electron chi connectivity index (χ1n) is 3.51. The van der Waals surface area contributed by atoms with Gasteiger partial charge in [-0.25, -0.2) is 0 Å². The molecule has 0 atom stereocenters. The summed E-state index contributed by atoms with van der Waals surface area (Å²) in [5.74, 6) is -4.73. The molecule has 0 saturated carbocycles. The average Bonchev–Trinajstić information content (AvgIpc) is 2.23. The van der Waals surface area contributed by atoms with Gasteiger partial charge in [0.1, 0.15) is 0 Å². The highest BCUT2D eigenvalue weighted by Gasteiger charge is 2.48. The molecule has 1 aliphatic rings. The molecule has 68 valence electrons. The topological polar surface area (TPSA) is 29.1 Å². The van der Waals surface area contributed by atoms with Crippen molar-refractivity contribution in [1.29, 1.82) is 0 Å². The van der Waals surface area contributed by atoms with E-state index in [1.807, 2.05) is 0 Å². The van der Waals surface area contributed by atoms with Gasteiger partial charge in [0, 0.05) is 5.02 Å². The molecule has 1 N–H and O–H groups in total. The van der Waals surface area contributed by atoms with Crippen LogP contribution in [0.4, 0.5) is 14.5 Å². The molecule has 0 unspecified atom stereocenters. The molecular weight excluding hydrogens is 200 g/mol. The molecular formula is C8H4ClF2NO. The van der Waals surface area contributed by atoms with Crippen LogP contribution >= 0.6 is 11.6 Å². The molecule has 2 nitrogen and oxygen atoms in total. The number of fused-ring (bicyclic) bond motifs is 1. The molecule has 1 heterocycles. The molecule has 0 aromatic heterocycles. The number of benzene rings is 1. The maximum absolute atomic E-state index is 13.0. The van der Waals surface area contributed by atoms with E-state index in [1.165, 1.54) is 12.1 Å². The van der Waals surface area contributed by atoms with Gasteiger partial charge in [0.15, 0.2) is 0 Å². The van der Waals surface area contributed by atoms with E-state index in [9.17, 15) is 13.6 Å². The zero-order valence-electron chi connectivity index (χ0n) is 6.27. The van der Waals surface area contributed by atoms with Crippen molar-refractivity contribution in [2.75, 3.05) is 5.32 Å². The van der Waals surface area contributed by atoms with Gasteiger partial charge >= 0.3 is 5.92 Å². The molecule has 0 spiro atoms. The smallest absolute Gasteiger partial charge is 0.320 e. The molecule has 0 aliphatic carbocycles. The Morgan fingerprint density at radius 3 is 2.77 bits per heavy atom. The Bertz CT molecular complexity index is 392. The van der Waals surface area contributed by atoms with Gasteiger partial charge in [0.05, 0.1) is 11.3 Å². The molecule has 5 heteroatoms. The maximum Gasteiger partial charge on any atom is 0.352 e. The lowest BCUT2D eigenvalue weighted by atomic mass is 10.1. The number of carbonyl (C=O) groups is 1. The lowest BCUT2D eigenvalue weighted by molar-refractivity contribution is -0.139. The molecule has 1 amide bonds. The SMILES string of the molecule is O=C1Nc2cc(Cl)ccc2C1(F)F. The second kappa shape index (κ2) is 2.42. The fourth-order valence-corrected chi connectivity index (χ4v) is 1.39. The lowest BCUT2D eigenvalue weighted by Gasteiger charge is -2.05. The number of nitrogens with one attached hydrogen (secondary N) is 1. The molecule has 0 bridgehead atoms. The number of amides is 1. The lowest BCUT2D eigenvalue weighted by Crippen LogP contribution is -2.23. The van der Waals surface area contributed by atoms with E-state index in [0.717, 1.165) is 6.07 Å². The van der Waals surface area contributed by atoms with Gasteiger partial charge in [-0.05, 0) is 18.2 Å². The first kappa shape index (κ1) is 8.44. The number of hydrogen-bond donors (Lipinski definition) is 1. The van der Waals surface area contributed by atoms with E-state index in [2.05, 4.69) is 5.32 Å². The van der Waals surface area contributed by atoms with Gasteiger partial charge < -0.3 is 5.32 Å². The van der Waals surface area contributed by atoms with Crippen LogP contribution in [0, 0.1) is 0 Å². The largest absolute Gasteiger partial charge is 0.352 e. The van der Waals surface area contributed by atoms with Crippen LogP contribution in [-0.2, 0) is 10.7 Å². The zero-order chi connectivity index (χ0) is 9.64. The minimum atomic E-state index is -3.43. The minimum Gasteiger partial charge on any atom is -0.320 e. The summed E-state index contributed by atoms with van der Waals surface area (Å²) in [6.07, 6.45) is 0. The standard InChI is InChI=1S/C8H4ClF2NO/c9-4-1-2-5-6(3-4)12-7(13)8(5,10)11/h1-3H,(H,12,13). The third kappa shape index (κ3) is 1.09. The molecule has 0 saturated heterocycles. The number of halogens is 3. The van der Waals surface area contributed by atoms with Crippen LogP contribution in [0.5, 0.6) is 0 Å². The van der Waals surface area contributed by atoms with Crippen molar-refractivity contribution in [3.8, 4) is 0 Å². The Labute approximate surface area is 77.5 Å². The van der Waals surface area contributed by atoms with Crippen molar-refractivity contribution < 1.29 is 13.6 Å². The fourth-order valence-electron chi connectivity index (χ4n) is 1.22. The second-order valence-corrected chi connectivity index (χ2v) is 3.15. The summed E-state index contributed by atoms with van der Waals surface area (Å²) in [5.41, 5.74) is -0.232. The Hall–Kier alpha value is -1.16. The first-order chi connectivity index (χ1) is 6.01. The van der Waals surface area contributed by atoms with E-state index < -0.39 is 11.8 Å². The highest BCUT2D eigenvalue weighted by atomic mass is 35.5. The number of alkyl halides is 2. The molecule has 1 aromatic carbocycles. The Balaban J connectivity index is 2.62. The van der Waals surface area contributed by atoms with Crippen molar-refractivity contribution in [2.24, 2.45) is 0 Å². The van der Waals surface area contributed by atoms with Gasteiger partial charge in [0.25, 0.3) is 5.91 Å². The predicted octanol–water partition coefficient (Wildman–Crippen LogP) is 2.38. The van der Waals surface area contributed by atoms with Crippen LogP contribution in [-0.4, -0.2) is 5.91 Å². The third-order valence-corrected chi connectivity index (χ3v) is 2.09. The van der Waals surface area contributed by atoms with Crippen LogP contribution in [0.2, 0.25) is 5.02 Å². The zero-order valence-corrected chi connectivity index (χ0v) is 7.03. The van der Waals surface area contributed by atoms with Crippen molar-refractivity contribution in [3.05, 3.63) is 28.8 Å². The number of carbonyl (C=O) groups excluding carboxylic acids is 1. The fraction of sp³-hybridized carbons (Fsp3) is 0.125. The van der Waals surface area contributed by atoms with Crippen LogP contribution in [0.25, 0.3) is 0 Å². The summed E-state index contributed by atoms with van der Waals surface area (Å²) in [4.78, 5) is 10.8. The van der Waals surface area contributed by atoms with Crippen LogP contribution < -0.4 is 5.32 Å². The van der Waals surface area contributed by atoms with Gasteiger partial charge in [-0.3, -0.25) is 4.79 Å². The van der Waals surface area contributed by atoms with Crippen LogP contribution in [0.3, 0.4) is 0 Å². The molecule has 2 rings (SSSR count). The molecule has 1 aliphatic heterocycles. The number of anilines is 1. The van der Waals surface area contributed by atoms with E-state index in [-0.39, 0.29) is 11.3 Å². The Kier molecular flexibility index (Phi) is 1.57. The van der Waals surface area contributed by atoms with Crippen LogP contribution in [0.15, 0.2) is 18.2 Å².